The summed E-state index contributed by atoms with van der Waals surface area (Å²) in [5.74, 6) is -0.364. The Morgan fingerprint density at radius 3 is 2.26 bits per heavy atom. The second-order valence-corrected chi connectivity index (χ2v) is 6.76. The van der Waals surface area contributed by atoms with Crippen LogP contribution in [0, 0.1) is 10.8 Å². The molecule has 0 bridgehead atoms. The molecule has 0 spiro atoms. The van der Waals surface area contributed by atoms with Crippen LogP contribution in [0.5, 0.6) is 5.75 Å². The maximum absolute atomic E-state index is 12.6. The zero-order valence-corrected chi connectivity index (χ0v) is 17.3. The molecule has 2 rings (SSSR count). The van der Waals surface area contributed by atoms with Crippen molar-refractivity contribution >= 4 is 23.5 Å². The van der Waals surface area contributed by atoms with Crippen LogP contribution in [-0.2, 0) is 9.53 Å². The van der Waals surface area contributed by atoms with Gasteiger partial charge in [-0.2, -0.15) is 0 Å². The number of amides is 1. The van der Waals surface area contributed by atoms with Crippen molar-refractivity contribution in [3.63, 3.8) is 0 Å². The van der Waals surface area contributed by atoms with Crippen LogP contribution in [-0.4, -0.2) is 42.8 Å². The first-order chi connectivity index (χ1) is 14.8. The van der Waals surface area contributed by atoms with Gasteiger partial charge in [0.1, 0.15) is 24.0 Å². The van der Waals surface area contributed by atoms with E-state index >= 15 is 0 Å². The van der Waals surface area contributed by atoms with Crippen molar-refractivity contribution in [3.05, 3.63) is 65.2 Å². The summed E-state index contributed by atoms with van der Waals surface area (Å²) in [6, 6.07) is 12.6. The van der Waals surface area contributed by atoms with Gasteiger partial charge in [0, 0.05) is 23.1 Å². The van der Waals surface area contributed by atoms with Gasteiger partial charge >= 0.3 is 5.97 Å². The molecule has 1 atom stereocenters. The highest BCUT2D eigenvalue weighted by Crippen LogP contribution is 2.14. The highest BCUT2D eigenvalue weighted by molar-refractivity contribution is 5.98. The van der Waals surface area contributed by atoms with Crippen molar-refractivity contribution in [3.8, 4) is 5.75 Å². The van der Waals surface area contributed by atoms with Crippen molar-refractivity contribution in [2.24, 2.45) is 11.5 Å². The summed E-state index contributed by atoms with van der Waals surface area (Å²) in [7, 11) is 0. The monoisotopic (exact) mass is 425 g/mol. The molecule has 7 N–H and O–H groups in total. The molecule has 0 aromatic heterocycles. The van der Waals surface area contributed by atoms with Crippen LogP contribution in [0.15, 0.2) is 48.5 Å². The Morgan fingerprint density at radius 2 is 1.65 bits per heavy atom. The molecular weight excluding hydrogens is 398 g/mol. The maximum Gasteiger partial charge on any atom is 0.305 e. The molecule has 0 aliphatic rings. The molecule has 164 valence electrons. The Kier molecular flexibility index (Phi) is 8.56. The summed E-state index contributed by atoms with van der Waals surface area (Å²) in [4.78, 5) is 24.4. The number of nitrogens with two attached hydrogens (primary N) is 2. The quantitative estimate of drug-likeness (QED) is 0.209. The molecule has 0 saturated heterocycles. The van der Waals surface area contributed by atoms with E-state index in [2.05, 4.69) is 5.32 Å². The van der Waals surface area contributed by atoms with Gasteiger partial charge in [0.25, 0.3) is 5.91 Å². The van der Waals surface area contributed by atoms with Gasteiger partial charge in [-0.25, -0.2) is 0 Å². The molecule has 0 radical (unpaired) electrons. The number of carbonyl (C=O) groups excluding carboxylic acids is 2. The smallest absolute Gasteiger partial charge is 0.305 e. The van der Waals surface area contributed by atoms with E-state index in [0.717, 1.165) is 0 Å². The first-order valence-electron chi connectivity index (χ1n) is 9.78. The number of ether oxygens (including phenoxy) is 2. The Balaban J connectivity index is 2.07. The number of hydrogen-bond donors (Lipinski definition) is 5. The zero-order valence-electron chi connectivity index (χ0n) is 17.3. The summed E-state index contributed by atoms with van der Waals surface area (Å²) < 4.78 is 10.7. The normalized spacial score (nSPS) is 11.3. The molecular formula is C22H27N5O4. The maximum atomic E-state index is 12.6. The topological polar surface area (TPSA) is 164 Å². The molecule has 0 aliphatic heterocycles. The van der Waals surface area contributed by atoms with E-state index in [0.29, 0.717) is 28.9 Å². The van der Waals surface area contributed by atoms with Crippen molar-refractivity contribution in [1.29, 1.82) is 10.8 Å². The van der Waals surface area contributed by atoms with Gasteiger partial charge in [0.15, 0.2) is 0 Å². The predicted octanol–water partition coefficient (Wildman–Crippen LogP) is 1.78. The first-order valence-corrected chi connectivity index (χ1v) is 9.78. The number of rotatable bonds is 11. The van der Waals surface area contributed by atoms with Gasteiger partial charge in [-0.05, 0) is 37.6 Å². The molecule has 0 aliphatic carbocycles. The molecule has 0 fully saturated rings. The molecule has 0 heterocycles. The van der Waals surface area contributed by atoms with E-state index < -0.39 is 6.04 Å². The average Bonchev–Trinajstić information content (AvgIpc) is 2.76. The SMILES string of the molecule is CCOC(=O)CC[C@@H](COc1cccc(C(=N)N)c1)NC(=O)c1ccc(C(=N)N)cc1. The molecule has 2 aromatic carbocycles. The van der Waals surface area contributed by atoms with Crippen LogP contribution in [0.3, 0.4) is 0 Å². The Hall–Kier alpha value is -3.88. The van der Waals surface area contributed by atoms with E-state index in [9.17, 15) is 9.59 Å². The highest BCUT2D eigenvalue weighted by Gasteiger charge is 2.17. The van der Waals surface area contributed by atoms with E-state index in [1.165, 1.54) is 0 Å². The minimum atomic E-state index is -0.467. The molecule has 9 nitrogen and oxygen atoms in total. The lowest BCUT2D eigenvalue weighted by atomic mass is 10.1. The van der Waals surface area contributed by atoms with Crippen LogP contribution in [0.25, 0.3) is 0 Å². The van der Waals surface area contributed by atoms with Crippen LogP contribution in [0.1, 0.15) is 41.3 Å². The van der Waals surface area contributed by atoms with E-state index in [4.69, 9.17) is 31.8 Å². The standard InChI is InChI=1S/C22H27N5O4/c1-2-30-19(28)11-10-17(13-31-18-5-3-4-16(12-18)21(25)26)27-22(29)15-8-6-14(7-9-15)20(23)24/h3-9,12,17H,2,10-11,13H2,1H3,(H3,23,24)(H3,25,26)(H,27,29)/t17-/m0/s1. The van der Waals surface area contributed by atoms with Crippen LogP contribution >= 0.6 is 0 Å². The minimum Gasteiger partial charge on any atom is -0.491 e. The lowest BCUT2D eigenvalue weighted by Gasteiger charge is -2.19. The summed E-state index contributed by atoms with van der Waals surface area (Å²) in [5, 5.41) is 17.8. The van der Waals surface area contributed by atoms with E-state index in [1.807, 2.05) is 0 Å². The number of benzene rings is 2. The molecule has 31 heavy (non-hydrogen) atoms. The second-order valence-electron chi connectivity index (χ2n) is 6.76. The van der Waals surface area contributed by atoms with Crippen molar-refractivity contribution in [1.82, 2.24) is 5.32 Å². The van der Waals surface area contributed by atoms with Gasteiger partial charge in [-0.1, -0.05) is 24.3 Å². The third kappa shape index (κ3) is 7.46. The largest absolute Gasteiger partial charge is 0.491 e. The Labute approximate surface area is 180 Å². The van der Waals surface area contributed by atoms with E-state index in [-0.39, 0.29) is 43.2 Å². The number of carbonyl (C=O) groups is 2. The second kappa shape index (κ2) is 11.3. The van der Waals surface area contributed by atoms with E-state index in [1.54, 1.807) is 55.5 Å². The fourth-order valence-corrected chi connectivity index (χ4v) is 2.74. The molecule has 2 aromatic rings. The third-order valence-corrected chi connectivity index (χ3v) is 4.39. The molecule has 0 saturated carbocycles. The van der Waals surface area contributed by atoms with Crippen molar-refractivity contribution < 1.29 is 19.1 Å². The Bertz CT molecular complexity index is 943. The fraction of sp³-hybridized carbons (Fsp3) is 0.273. The van der Waals surface area contributed by atoms with Gasteiger partial charge in [0.2, 0.25) is 0 Å². The van der Waals surface area contributed by atoms with Crippen LogP contribution < -0.4 is 21.5 Å². The summed E-state index contributed by atoms with van der Waals surface area (Å²) >= 11 is 0. The number of hydrogen-bond acceptors (Lipinski definition) is 6. The summed E-state index contributed by atoms with van der Waals surface area (Å²) in [6.07, 6.45) is 0.446. The zero-order chi connectivity index (χ0) is 22.8. The summed E-state index contributed by atoms with van der Waals surface area (Å²) in [6.45, 7) is 2.12. The third-order valence-electron chi connectivity index (χ3n) is 4.39. The number of esters is 1. The Morgan fingerprint density at radius 1 is 1.00 bits per heavy atom. The summed E-state index contributed by atoms with van der Waals surface area (Å²) in [5.41, 5.74) is 12.4. The lowest BCUT2D eigenvalue weighted by Crippen LogP contribution is -2.39. The molecule has 9 heteroatoms. The van der Waals surface area contributed by atoms with Crippen molar-refractivity contribution in [2.75, 3.05) is 13.2 Å². The van der Waals surface area contributed by atoms with Crippen molar-refractivity contribution in [2.45, 2.75) is 25.8 Å². The van der Waals surface area contributed by atoms with Gasteiger partial charge in [-0.15, -0.1) is 0 Å². The lowest BCUT2D eigenvalue weighted by molar-refractivity contribution is -0.143. The number of nitrogen functional groups attached to an aromatic ring is 2. The minimum absolute atomic E-state index is 0.0772. The predicted molar refractivity (Wildman–Crippen MR) is 118 cm³/mol. The highest BCUT2D eigenvalue weighted by atomic mass is 16.5. The van der Waals surface area contributed by atoms with Crippen LogP contribution in [0.4, 0.5) is 0 Å². The number of amidine groups is 2. The number of nitrogens with one attached hydrogen (secondary N) is 3. The molecule has 1 amide bonds. The van der Waals surface area contributed by atoms with Gasteiger partial charge in [-0.3, -0.25) is 20.4 Å². The van der Waals surface area contributed by atoms with Crippen LogP contribution in [0.2, 0.25) is 0 Å². The van der Waals surface area contributed by atoms with Gasteiger partial charge in [0.05, 0.1) is 12.6 Å². The first kappa shape index (κ1) is 23.4. The average molecular weight is 425 g/mol. The fourth-order valence-electron chi connectivity index (χ4n) is 2.74. The molecule has 0 unspecified atom stereocenters. The van der Waals surface area contributed by atoms with Gasteiger partial charge < -0.3 is 26.3 Å².